The van der Waals surface area contributed by atoms with Gasteiger partial charge in [-0.2, -0.15) is 0 Å². The van der Waals surface area contributed by atoms with Gasteiger partial charge in [0.15, 0.2) is 12.1 Å². The molecule has 4 N–H and O–H groups in total. The van der Waals surface area contributed by atoms with Gasteiger partial charge in [0, 0.05) is 34.0 Å². The highest BCUT2D eigenvalue weighted by molar-refractivity contribution is 6.19. The second-order valence-corrected chi connectivity index (χ2v) is 8.85. The van der Waals surface area contributed by atoms with Crippen molar-refractivity contribution in [2.24, 2.45) is 0 Å². The summed E-state index contributed by atoms with van der Waals surface area (Å²) >= 11 is 0. The predicted molar refractivity (Wildman–Crippen MR) is 146 cm³/mol. The fourth-order valence-electron chi connectivity index (χ4n) is 3.92. The molecular formula is C29H37N3O5. The quantitative estimate of drug-likeness (QED) is 0.0658. The molecular weight excluding hydrogens is 470 g/mol. The maximum atomic E-state index is 12.5. The monoisotopic (exact) mass is 507 g/mol. The Hall–Kier alpha value is -3.94. The maximum absolute atomic E-state index is 12.5. The van der Waals surface area contributed by atoms with E-state index in [1.807, 2.05) is 0 Å². The van der Waals surface area contributed by atoms with E-state index in [-0.39, 0.29) is 18.4 Å². The van der Waals surface area contributed by atoms with Crippen molar-refractivity contribution in [1.82, 2.24) is 10.6 Å². The minimum atomic E-state index is -0.547. The molecule has 2 rings (SSSR count). The van der Waals surface area contributed by atoms with Gasteiger partial charge in [0.25, 0.3) is 5.91 Å². The van der Waals surface area contributed by atoms with E-state index >= 15 is 0 Å². The number of carbonyl (C=O) groups excluding carboxylic acids is 4. The van der Waals surface area contributed by atoms with E-state index in [1.54, 1.807) is 42.5 Å². The number of hydrogen-bond acceptors (Lipinski definition) is 7. The highest BCUT2D eigenvalue weighted by Crippen LogP contribution is 2.29. The van der Waals surface area contributed by atoms with Gasteiger partial charge >= 0.3 is 5.97 Å². The number of anilines is 1. The maximum Gasteiger partial charge on any atom is 0.325 e. The second-order valence-electron chi connectivity index (χ2n) is 8.85. The van der Waals surface area contributed by atoms with Crippen LogP contribution in [-0.2, 0) is 14.3 Å². The molecule has 0 aliphatic heterocycles. The minimum absolute atomic E-state index is 0.108. The second kappa shape index (κ2) is 14.6. The molecule has 2 aromatic carbocycles. The molecule has 1 unspecified atom stereocenters. The van der Waals surface area contributed by atoms with E-state index < -0.39 is 11.9 Å². The number of rotatable bonds is 14. The number of Topliss-reactive ketones (excluding diaryl/α,β-unsaturated/α-hetero) is 1. The Morgan fingerprint density at radius 2 is 1.65 bits per heavy atom. The summed E-state index contributed by atoms with van der Waals surface area (Å²) in [5.74, 6) is -1.10. The summed E-state index contributed by atoms with van der Waals surface area (Å²) in [5.41, 5.74) is 9.50. The number of amides is 1. The smallest absolute Gasteiger partial charge is 0.325 e. The van der Waals surface area contributed by atoms with Crippen LogP contribution < -0.4 is 16.4 Å². The minimum Gasteiger partial charge on any atom is -0.468 e. The van der Waals surface area contributed by atoms with Gasteiger partial charge in [0.1, 0.15) is 6.54 Å². The average Bonchev–Trinajstić information content (AvgIpc) is 2.91. The van der Waals surface area contributed by atoms with E-state index in [2.05, 4.69) is 29.2 Å². The zero-order chi connectivity index (χ0) is 27.4. The van der Waals surface area contributed by atoms with Crippen LogP contribution in [0.3, 0.4) is 0 Å². The van der Waals surface area contributed by atoms with Crippen LogP contribution in [-0.4, -0.2) is 43.6 Å². The Labute approximate surface area is 218 Å². The molecule has 0 saturated heterocycles. The Morgan fingerprint density at radius 3 is 2.22 bits per heavy atom. The van der Waals surface area contributed by atoms with Gasteiger partial charge in [-0.25, -0.2) is 0 Å². The lowest BCUT2D eigenvalue weighted by atomic mass is 9.94. The van der Waals surface area contributed by atoms with E-state index in [9.17, 15) is 19.2 Å². The van der Waals surface area contributed by atoms with Crippen molar-refractivity contribution < 1.29 is 23.9 Å². The van der Waals surface area contributed by atoms with Crippen LogP contribution in [0.5, 0.6) is 0 Å². The Kier molecular flexibility index (Phi) is 11.5. The summed E-state index contributed by atoms with van der Waals surface area (Å²) in [6, 6.07) is 11.7. The number of benzene rings is 2. The van der Waals surface area contributed by atoms with Crippen LogP contribution in [0.1, 0.15) is 84.7 Å². The zero-order valence-corrected chi connectivity index (χ0v) is 22.1. The SMILES string of the molecule is CCCCCC(CC)N/C(=C(\C=O)c1cc(C(C)=O)ccc1N)c1ccc(C(=O)NCC(=O)OC)cc1. The number of hydrogen-bond donors (Lipinski definition) is 3. The van der Waals surface area contributed by atoms with Crippen molar-refractivity contribution in [3.8, 4) is 0 Å². The first-order valence-corrected chi connectivity index (χ1v) is 12.6. The van der Waals surface area contributed by atoms with Crippen molar-refractivity contribution in [2.75, 3.05) is 19.4 Å². The molecule has 1 amide bonds. The topological polar surface area (TPSA) is 128 Å². The summed E-state index contributed by atoms with van der Waals surface area (Å²) in [6.45, 7) is 5.46. The third-order valence-electron chi connectivity index (χ3n) is 6.19. The lowest BCUT2D eigenvalue weighted by Gasteiger charge is -2.23. The molecule has 0 radical (unpaired) electrons. The molecule has 0 aliphatic rings. The van der Waals surface area contributed by atoms with Crippen LogP contribution in [0.25, 0.3) is 11.3 Å². The molecule has 8 nitrogen and oxygen atoms in total. The van der Waals surface area contributed by atoms with Crippen molar-refractivity contribution in [2.45, 2.75) is 58.9 Å². The molecule has 0 aromatic heterocycles. The van der Waals surface area contributed by atoms with E-state index in [1.165, 1.54) is 14.0 Å². The number of allylic oxidation sites excluding steroid dienone is 1. The van der Waals surface area contributed by atoms with Gasteiger partial charge in [-0.3, -0.25) is 19.2 Å². The lowest BCUT2D eigenvalue weighted by molar-refractivity contribution is -0.139. The molecule has 8 heteroatoms. The van der Waals surface area contributed by atoms with Gasteiger partial charge in [0.05, 0.1) is 12.8 Å². The largest absolute Gasteiger partial charge is 0.468 e. The van der Waals surface area contributed by atoms with E-state index in [0.717, 1.165) is 38.4 Å². The van der Waals surface area contributed by atoms with Crippen LogP contribution in [0.2, 0.25) is 0 Å². The van der Waals surface area contributed by atoms with Crippen molar-refractivity contribution >= 4 is 40.9 Å². The molecule has 0 heterocycles. The van der Waals surface area contributed by atoms with Crippen molar-refractivity contribution in [3.63, 3.8) is 0 Å². The molecule has 0 bridgehead atoms. The molecule has 0 spiro atoms. The number of aldehydes is 1. The number of carbonyl (C=O) groups is 4. The number of ketones is 1. The third-order valence-corrected chi connectivity index (χ3v) is 6.19. The predicted octanol–water partition coefficient (Wildman–Crippen LogP) is 4.39. The number of unbranched alkanes of at least 4 members (excludes halogenated alkanes) is 2. The summed E-state index contributed by atoms with van der Waals surface area (Å²) < 4.78 is 4.55. The summed E-state index contributed by atoms with van der Waals surface area (Å²) in [7, 11) is 1.25. The van der Waals surface area contributed by atoms with Gasteiger partial charge in [-0.05, 0) is 55.7 Å². The summed E-state index contributed by atoms with van der Waals surface area (Å²) in [4.78, 5) is 48.3. The van der Waals surface area contributed by atoms with Gasteiger partial charge in [-0.15, -0.1) is 0 Å². The first-order valence-electron chi connectivity index (χ1n) is 12.6. The molecule has 37 heavy (non-hydrogen) atoms. The number of nitrogen functional groups attached to an aromatic ring is 1. The summed E-state index contributed by atoms with van der Waals surface area (Å²) in [6.07, 6.45) is 5.78. The van der Waals surface area contributed by atoms with Gasteiger partial charge in [0.2, 0.25) is 0 Å². The highest BCUT2D eigenvalue weighted by atomic mass is 16.5. The fraction of sp³-hybridized carbons (Fsp3) is 0.379. The third kappa shape index (κ3) is 8.31. The molecule has 198 valence electrons. The Morgan fingerprint density at radius 1 is 1.00 bits per heavy atom. The van der Waals surface area contributed by atoms with Crippen molar-refractivity contribution in [1.29, 1.82) is 0 Å². The normalized spacial score (nSPS) is 12.2. The molecule has 2 aromatic rings. The van der Waals surface area contributed by atoms with Crippen molar-refractivity contribution in [3.05, 3.63) is 64.7 Å². The fourth-order valence-corrected chi connectivity index (χ4v) is 3.92. The average molecular weight is 508 g/mol. The Balaban J connectivity index is 2.55. The first kappa shape index (κ1) is 29.3. The number of ether oxygens (including phenoxy) is 1. The first-order chi connectivity index (χ1) is 17.7. The Bertz CT molecular complexity index is 1140. The number of nitrogens with one attached hydrogen (secondary N) is 2. The number of methoxy groups -OCH3 is 1. The summed E-state index contributed by atoms with van der Waals surface area (Å²) in [5, 5.41) is 6.05. The highest BCUT2D eigenvalue weighted by Gasteiger charge is 2.19. The van der Waals surface area contributed by atoms with Crippen LogP contribution in [0.15, 0.2) is 42.5 Å². The standard InChI is InChI=1S/C29H37N3O5/c1-5-7-8-9-23(6-2)32-28(25(18-33)24-16-22(19(3)34)14-15-26(24)30)20-10-12-21(13-11-20)29(36)31-17-27(35)37-4/h10-16,18,23,32H,5-9,17,30H2,1-4H3,(H,31,36)/b28-25+. The van der Waals surface area contributed by atoms with Gasteiger partial charge < -0.3 is 21.1 Å². The number of nitrogens with two attached hydrogens (primary N) is 1. The van der Waals surface area contributed by atoms with Gasteiger partial charge in [-0.1, -0.05) is 45.2 Å². The number of esters is 1. The van der Waals surface area contributed by atoms with E-state index in [4.69, 9.17) is 5.73 Å². The molecule has 0 fully saturated rings. The van der Waals surface area contributed by atoms with Crippen LogP contribution in [0, 0.1) is 0 Å². The van der Waals surface area contributed by atoms with E-state index in [0.29, 0.717) is 39.2 Å². The molecule has 0 saturated carbocycles. The molecule has 1 atom stereocenters. The lowest BCUT2D eigenvalue weighted by Crippen LogP contribution is -2.30. The zero-order valence-electron chi connectivity index (χ0n) is 22.1. The molecule has 0 aliphatic carbocycles. The van der Waals surface area contributed by atoms with Crippen LogP contribution >= 0.6 is 0 Å². The van der Waals surface area contributed by atoms with Crippen LogP contribution in [0.4, 0.5) is 5.69 Å².